The largest absolute Gasteiger partial charge is 0.419 e. The first-order valence-electron chi connectivity index (χ1n) is 8.16. The molecule has 0 bridgehead atoms. The number of aromatic nitrogens is 3. The van der Waals surface area contributed by atoms with Crippen LogP contribution in [-0.4, -0.2) is 14.5 Å². The number of fused-ring (bicyclic) bond motifs is 4. The van der Waals surface area contributed by atoms with Gasteiger partial charge in [-0.05, 0) is 29.8 Å². The fraction of sp³-hybridized carbons (Fsp3) is 0.0500. The second-order valence-corrected chi connectivity index (χ2v) is 6.25. The quantitative estimate of drug-likeness (QED) is 0.504. The zero-order chi connectivity index (χ0) is 17.8. The Morgan fingerprint density at radius 2 is 1.88 bits per heavy atom. The summed E-state index contributed by atoms with van der Waals surface area (Å²) in [5, 5.41) is 1.81. The van der Waals surface area contributed by atoms with Crippen molar-refractivity contribution in [1.82, 2.24) is 14.5 Å². The summed E-state index contributed by atoms with van der Waals surface area (Å²) in [5.41, 5.74) is 10.5. The van der Waals surface area contributed by atoms with Crippen LogP contribution in [0, 0.1) is 0 Å². The Balaban J connectivity index is 1.81. The van der Waals surface area contributed by atoms with Gasteiger partial charge in [-0.15, -0.1) is 0 Å². The van der Waals surface area contributed by atoms with Crippen LogP contribution in [0.1, 0.15) is 0 Å². The third-order valence-corrected chi connectivity index (χ3v) is 4.66. The first-order valence-corrected chi connectivity index (χ1v) is 8.16. The molecule has 26 heavy (non-hydrogen) atoms. The Kier molecular flexibility index (Phi) is 2.91. The van der Waals surface area contributed by atoms with Crippen molar-refractivity contribution in [2.24, 2.45) is 7.05 Å². The van der Waals surface area contributed by atoms with E-state index in [1.807, 2.05) is 48.7 Å². The van der Waals surface area contributed by atoms with Crippen molar-refractivity contribution in [2.75, 3.05) is 5.73 Å². The SMILES string of the molecule is Cn1c(=O)oc2c3cc(-c4cnc5ccccc5c4)ccc3nc(N)c21. The molecule has 0 saturated heterocycles. The summed E-state index contributed by atoms with van der Waals surface area (Å²) in [5.74, 6) is -0.181. The van der Waals surface area contributed by atoms with Crippen molar-refractivity contribution in [2.45, 2.75) is 0 Å². The Morgan fingerprint density at radius 3 is 2.77 bits per heavy atom. The monoisotopic (exact) mass is 342 g/mol. The van der Waals surface area contributed by atoms with E-state index in [1.54, 1.807) is 7.05 Å². The summed E-state index contributed by atoms with van der Waals surface area (Å²) in [7, 11) is 1.62. The first-order chi connectivity index (χ1) is 12.6. The van der Waals surface area contributed by atoms with Gasteiger partial charge in [0, 0.05) is 29.6 Å². The van der Waals surface area contributed by atoms with Gasteiger partial charge in [-0.25, -0.2) is 9.78 Å². The van der Waals surface area contributed by atoms with E-state index in [-0.39, 0.29) is 5.82 Å². The number of nitrogen functional groups attached to an aromatic ring is 1. The highest BCUT2D eigenvalue weighted by atomic mass is 16.4. The summed E-state index contributed by atoms with van der Waals surface area (Å²) in [6, 6.07) is 15.9. The van der Waals surface area contributed by atoms with Crippen LogP contribution >= 0.6 is 0 Å². The summed E-state index contributed by atoms with van der Waals surface area (Å²) in [4.78, 5) is 20.9. The fourth-order valence-electron chi connectivity index (χ4n) is 3.32. The third-order valence-electron chi connectivity index (χ3n) is 4.66. The van der Waals surface area contributed by atoms with Crippen molar-refractivity contribution < 1.29 is 4.42 Å². The Morgan fingerprint density at radius 1 is 1.04 bits per heavy atom. The van der Waals surface area contributed by atoms with Crippen molar-refractivity contribution >= 4 is 38.7 Å². The Labute approximate surface area is 147 Å². The van der Waals surface area contributed by atoms with Gasteiger partial charge in [0.05, 0.1) is 11.0 Å². The van der Waals surface area contributed by atoms with Gasteiger partial charge in [-0.1, -0.05) is 24.3 Å². The number of oxazole rings is 1. The number of nitrogens with two attached hydrogens (primary N) is 1. The second kappa shape index (κ2) is 5.16. The minimum absolute atomic E-state index is 0.279. The highest BCUT2D eigenvalue weighted by molar-refractivity contribution is 6.06. The van der Waals surface area contributed by atoms with E-state index in [2.05, 4.69) is 16.0 Å². The molecule has 0 unspecified atom stereocenters. The van der Waals surface area contributed by atoms with E-state index in [1.165, 1.54) is 4.57 Å². The Bertz CT molecular complexity index is 1380. The van der Waals surface area contributed by atoms with Crippen LogP contribution in [0.25, 0.3) is 44.0 Å². The van der Waals surface area contributed by atoms with Gasteiger partial charge in [0.25, 0.3) is 0 Å². The van der Waals surface area contributed by atoms with Gasteiger partial charge in [0.2, 0.25) is 0 Å². The number of rotatable bonds is 1. The lowest BCUT2D eigenvalue weighted by molar-refractivity contribution is 0.530. The van der Waals surface area contributed by atoms with Crippen molar-refractivity contribution in [1.29, 1.82) is 0 Å². The normalized spacial score (nSPS) is 11.6. The van der Waals surface area contributed by atoms with Gasteiger partial charge in [-0.3, -0.25) is 9.55 Å². The molecule has 0 aliphatic rings. The fourth-order valence-corrected chi connectivity index (χ4v) is 3.32. The minimum Gasteiger partial charge on any atom is -0.407 e. The summed E-state index contributed by atoms with van der Waals surface area (Å²) in [6.07, 6.45) is 1.84. The molecule has 126 valence electrons. The average molecular weight is 342 g/mol. The molecule has 5 rings (SSSR count). The number of aryl methyl sites for hydroxylation is 1. The van der Waals surface area contributed by atoms with Crippen LogP contribution in [0.3, 0.4) is 0 Å². The molecule has 2 aromatic carbocycles. The maximum absolute atomic E-state index is 11.9. The van der Waals surface area contributed by atoms with Crippen molar-refractivity contribution in [3.63, 3.8) is 0 Å². The third kappa shape index (κ3) is 2.02. The summed E-state index contributed by atoms with van der Waals surface area (Å²) >= 11 is 0. The van der Waals surface area contributed by atoms with Crippen LogP contribution in [0.2, 0.25) is 0 Å². The van der Waals surface area contributed by atoms with Crippen LogP contribution in [-0.2, 0) is 7.05 Å². The highest BCUT2D eigenvalue weighted by Crippen LogP contribution is 2.31. The van der Waals surface area contributed by atoms with Crippen LogP contribution in [0.15, 0.2) is 63.9 Å². The van der Waals surface area contributed by atoms with E-state index >= 15 is 0 Å². The van der Waals surface area contributed by atoms with Gasteiger partial charge in [0.15, 0.2) is 11.4 Å². The number of benzene rings is 2. The highest BCUT2D eigenvalue weighted by Gasteiger charge is 2.15. The topological polar surface area (TPSA) is 86.9 Å². The van der Waals surface area contributed by atoms with Gasteiger partial charge >= 0.3 is 5.76 Å². The molecule has 3 heterocycles. The molecule has 3 aromatic heterocycles. The van der Waals surface area contributed by atoms with Crippen LogP contribution in [0.5, 0.6) is 0 Å². The molecular weight excluding hydrogens is 328 g/mol. The lowest BCUT2D eigenvalue weighted by atomic mass is 10.0. The maximum atomic E-state index is 11.9. The molecule has 0 aliphatic heterocycles. The average Bonchev–Trinajstić information content (AvgIpc) is 2.97. The van der Waals surface area contributed by atoms with E-state index in [4.69, 9.17) is 10.2 Å². The molecule has 0 radical (unpaired) electrons. The van der Waals surface area contributed by atoms with E-state index in [0.717, 1.165) is 27.4 Å². The molecule has 0 saturated carbocycles. The number of hydrogen-bond acceptors (Lipinski definition) is 5. The van der Waals surface area contributed by atoms with Crippen molar-refractivity contribution in [3.8, 4) is 11.1 Å². The summed E-state index contributed by atoms with van der Waals surface area (Å²) in [6.45, 7) is 0. The first kappa shape index (κ1) is 14.7. The smallest absolute Gasteiger partial charge is 0.407 e. The number of anilines is 1. The molecule has 0 spiro atoms. The second-order valence-electron chi connectivity index (χ2n) is 6.25. The maximum Gasteiger partial charge on any atom is 0.419 e. The predicted molar refractivity (Wildman–Crippen MR) is 102 cm³/mol. The summed E-state index contributed by atoms with van der Waals surface area (Å²) < 4.78 is 6.80. The predicted octanol–water partition coefficient (Wildman–Crippen LogP) is 3.48. The van der Waals surface area contributed by atoms with Gasteiger partial charge in [0.1, 0.15) is 5.52 Å². The molecular formula is C20H14N4O2. The van der Waals surface area contributed by atoms with Gasteiger partial charge < -0.3 is 10.2 Å². The number of pyridine rings is 2. The molecule has 6 nitrogen and oxygen atoms in total. The lowest BCUT2D eigenvalue weighted by Gasteiger charge is -2.07. The molecule has 0 fully saturated rings. The number of para-hydroxylation sites is 1. The van der Waals surface area contributed by atoms with Gasteiger partial charge in [-0.2, -0.15) is 0 Å². The number of nitrogens with zero attached hydrogens (tertiary/aromatic N) is 3. The zero-order valence-corrected chi connectivity index (χ0v) is 13.9. The van der Waals surface area contributed by atoms with Crippen LogP contribution in [0.4, 0.5) is 5.82 Å². The molecule has 0 atom stereocenters. The lowest BCUT2D eigenvalue weighted by Crippen LogP contribution is -2.09. The molecule has 2 N–H and O–H groups in total. The Hall–Kier alpha value is -3.67. The van der Waals surface area contributed by atoms with Crippen LogP contribution < -0.4 is 11.5 Å². The minimum atomic E-state index is -0.459. The van der Waals surface area contributed by atoms with E-state index in [0.29, 0.717) is 16.6 Å². The van der Waals surface area contributed by atoms with Crippen molar-refractivity contribution in [3.05, 3.63) is 65.3 Å². The molecule has 0 aliphatic carbocycles. The molecule has 6 heteroatoms. The standard InChI is InChI=1S/C20H14N4O2/c1-24-17-18(26-20(24)25)14-9-11(6-7-16(14)23-19(17)21)13-8-12-4-2-3-5-15(12)22-10-13/h2-10H,1H3,(H2,21,23). The molecule has 0 amide bonds. The van der Waals surface area contributed by atoms with E-state index < -0.39 is 5.76 Å². The molecule has 5 aromatic rings. The zero-order valence-electron chi connectivity index (χ0n) is 13.9. The number of hydrogen-bond donors (Lipinski definition) is 1. The van der Waals surface area contributed by atoms with E-state index in [9.17, 15) is 4.79 Å².